The predicted molar refractivity (Wildman–Crippen MR) is 162 cm³/mol. The summed E-state index contributed by atoms with van der Waals surface area (Å²) in [5.41, 5.74) is 0.985. The van der Waals surface area contributed by atoms with Gasteiger partial charge in [0.05, 0.1) is 15.6 Å². The summed E-state index contributed by atoms with van der Waals surface area (Å²) in [6.07, 6.45) is 5.10. The number of hydrogen-bond acceptors (Lipinski definition) is 4. The number of carbonyl (C=O) groups excluding carboxylic acids is 2. The van der Waals surface area contributed by atoms with Crippen molar-refractivity contribution in [2.24, 2.45) is 0 Å². The Balaban J connectivity index is 1.68. The van der Waals surface area contributed by atoms with E-state index in [1.54, 1.807) is 49.4 Å². The second-order valence-corrected chi connectivity index (χ2v) is 13.1. The van der Waals surface area contributed by atoms with E-state index in [-0.39, 0.29) is 34.1 Å². The minimum atomic E-state index is -4.16. The van der Waals surface area contributed by atoms with E-state index in [4.69, 9.17) is 11.6 Å². The van der Waals surface area contributed by atoms with E-state index in [0.717, 1.165) is 46.4 Å². The van der Waals surface area contributed by atoms with Crippen molar-refractivity contribution in [3.05, 3.63) is 93.9 Å². The van der Waals surface area contributed by atoms with Crippen LogP contribution in [-0.4, -0.2) is 43.8 Å². The van der Waals surface area contributed by atoms with Crippen molar-refractivity contribution in [1.29, 1.82) is 0 Å². The normalized spacial score (nSPS) is 14.8. The molecule has 1 N–H and O–H groups in total. The molecule has 1 fully saturated rings. The van der Waals surface area contributed by atoms with Crippen LogP contribution in [0.5, 0.6) is 0 Å². The maximum atomic E-state index is 14.0. The lowest BCUT2D eigenvalue weighted by Gasteiger charge is -2.33. The Bertz CT molecular complexity index is 1430. The average Bonchev–Trinajstić information content (AvgIpc) is 2.95. The highest BCUT2D eigenvalue weighted by atomic mass is 79.9. The summed E-state index contributed by atoms with van der Waals surface area (Å²) < 4.78 is 29.5. The zero-order valence-electron chi connectivity index (χ0n) is 22.3. The first-order chi connectivity index (χ1) is 19.2. The summed E-state index contributed by atoms with van der Waals surface area (Å²) in [6.45, 7) is 1.27. The van der Waals surface area contributed by atoms with Crippen LogP contribution in [0.4, 0.5) is 5.69 Å². The minimum absolute atomic E-state index is 0.0318. The molecule has 1 aliphatic carbocycles. The van der Waals surface area contributed by atoms with Crippen molar-refractivity contribution in [1.82, 2.24) is 10.2 Å². The SMILES string of the molecule is C[C@@H](C(=O)NC1CCCCC1)N(Cc1cccc(Br)c1)C(=O)CN(c1ccccc1Cl)S(=O)(=O)c1ccccc1. The Morgan fingerprint density at radius 1 is 0.975 bits per heavy atom. The molecule has 3 aromatic carbocycles. The zero-order valence-corrected chi connectivity index (χ0v) is 25.5. The van der Waals surface area contributed by atoms with Gasteiger partial charge in [-0.2, -0.15) is 0 Å². The third-order valence-corrected chi connectivity index (χ3v) is 9.68. The maximum Gasteiger partial charge on any atom is 0.264 e. The van der Waals surface area contributed by atoms with E-state index in [1.165, 1.54) is 17.0 Å². The summed E-state index contributed by atoms with van der Waals surface area (Å²) in [6, 6.07) is 21.1. The van der Waals surface area contributed by atoms with E-state index in [1.807, 2.05) is 24.3 Å². The Labute approximate surface area is 249 Å². The number of anilines is 1. The number of para-hydroxylation sites is 1. The van der Waals surface area contributed by atoms with Gasteiger partial charge < -0.3 is 10.2 Å². The lowest BCUT2D eigenvalue weighted by Crippen LogP contribution is -2.53. The quantitative estimate of drug-likeness (QED) is 0.286. The number of rotatable bonds is 10. The summed E-state index contributed by atoms with van der Waals surface area (Å²) >= 11 is 9.91. The molecular formula is C30H33BrClN3O4S. The lowest BCUT2D eigenvalue weighted by molar-refractivity contribution is -0.139. The first-order valence-electron chi connectivity index (χ1n) is 13.3. The van der Waals surface area contributed by atoms with Crippen LogP contribution < -0.4 is 9.62 Å². The molecule has 2 amide bonds. The van der Waals surface area contributed by atoms with Crippen LogP contribution in [-0.2, 0) is 26.2 Å². The van der Waals surface area contributed by atoms with Crippen LogP contribution >= 0.6 is 27.5 Å². The monoisotopic (exact) mass is 645 g/mol. The van der Waals surface area contributed by atoms with Crippen molar-refractivity contribution in [2.45, 2.75) is 62.6 Å². The van der Waals surface area contributed by atoms with E-state index >= 15 is 0 Å². The number of hydrogen-bond donors (Lipinski definition) is 1. The highest BCUT2D eigenvalue weighted by molar-refractivity contribution is 9.10. The molecule has 1 aliphatic rings. The number of nitrogens with one attached hydrogen (secondary N) is 1. The summed E-state index contributed by atoms with van der Waals surface area (Å²) in [4.78, 5) is 28.9. The Morgan fingerprint density at radius 3 is 2.33 bits per heavy atom. The molecule has 7 nitrogen and oxygen atoms in total. The number of sulfonamides is 1. The van der Waals surface area contributed by atoms with Gasteiger partial charge in [-0.05, 0) is 61.7 Å². The molecular weight excluding hydrogens is 614 g/mol. The third kappa shape index (κ3) is 7.44. The minimum Gasteiger partial charge on any atom is -0.352 e. The van der Waals surface area contributed by atoms with Gasteiger partial charge in [0.15, 0.2) is 0 Å². The van der Waals surface area contributed by atoms with E-state index in [9.17, 15) is 18.0 Å². The van der Waals surface area contributed by atoms with Gasteiger partial charge in [0.2, 0.25) is 11.8 Å². The van der Waals surface area contributed by atoms with Gasteiger partial charge in [-0.15, -0.1) is 0 Å². The molecule has 0 heterocycles. The number of amides is 2. The standard InChI is InChI=1S/C30H33BrClN3O4S/c1-22(30(37)33-25-13-4-2-5-14-25)34(20-23-11-10-12-24(31)19-23)29(36)21-35(28-18-9-8-17-27(28)32)40(38,39)26-15-6-3-7-16-26/h3,6-12,15-19,22,25H,2,4-5,13-14,20-21H2,1H3,(H,33,37)/t22-/m0/s1. The first kappa shape index (κ1) is 30.1. The molecule has 0 radical (unpaired) electrons. The molecule has 212 valence electrons. The highest BCUT2D eigenvalue weighted by Crippen LogP contribution is 2.31. The number of halogens is 2. The highest BCUT2D eigenvalue weighted by Gasteiger charge is 2.33. The molecule has 1 atom stereocenters. The molecule has 3 aromatic rings. The second-order valence-electron chi connectivity index (χ2n) is 9.95. The third-order valence-electron chi connectivity index (χ3n) is 7.09. The van der Waals surface area contributed by atoms with Crippen LogP contribution in [0.25, 0.3) is 0 Å². The Hall–Kier alpha value is -2.88. The van der Waals surface area contributed by atoms with Gasteiger partial charge in [0.1, 0.15) is 12.6 Å². The number of nitrogens with zero attached hydrogens (tertiary/aromatic N) is 2. The van der Waals surface area contributed by atoms with Gasteiger partial charge in [0, 0.05) is 17.1 Å². The molecule has 10 heteroatoms. The van der Waals surface area contributed by atoms with Gasteiger partial charge in [-0.3, -0.25) is 13.9 Å². The first-order valence-corrected chi connectivity index (χ1v) is 15.9. The molecule has 0 bridgehead atoms. The van der Waals surface area contributed by atoms with E-state index in [0.29, 0.717) is 0 Å². The smallest absolute Gasteiger partial charge is 0.264 e. The molecule has 40 heavy (non-hydrogen) atoms. The topological polar surface area (TPSA) is 86.8 Å². The molecule has 0 spiro atoms. The second kappa shape index (κ2) is 13.7. The van der Waals surface area contributed by atoms with Crippen LogP contribution in [0.3, 0.4) is 0 Å². The van der Waals surface area contributed by atoms with Gasteiger partial charge in [-0.25, -0.2) is 8.42 Å². The predicted octanol–water partition coefficient (Wildman–Crippen LogP) is 6.16. The molecule has 0 saturated heterocycles. The maximum absolute atomic E-state index is 14.0. The zero-order chi connectivity index (χ0) is 28.7. The largest absolute Gasteiger partial charge is 0.352 e. The lowest BCUT2D eigenvalue weighted by atomic mass is 9.95. The van der Waals surface area contributed by atoms with Crippen molar-refractivity contribution in [2.75, 3.05) is 10.8 Å². The van der Waals surface area contributed by atoms with Crippen LogP contribution in [0.1, 0.15) is 44.6 Å². The summed E-state index contributed by atoms with van der Waals surface area (Å²) in [7, 11) is -4.16. The molecule has 0 unspecified atom stereocenters. The molecule has 0 aliphatic heterocycles. The summed E-state index contributed by atoms with van der Waals surface area (Å²) in [5, 5.41) is 3.30. The average molecular weight is 647 g/mol. The van der Waals surface area contributed by atoms with Crippen molar-refractivity contribution >= 4 is 55.1 Å². The number of benzene rings is 3. The fourth-order valence-electron chi connectivity index (χ4n) is 4.87. The van der Waals surface area contributed by atoms with E-state index in [2.05, 4.69) is 21.2 Å². The molecule has 0 aromatic heterocycles. The Kier molecular flexibility index (Phi) is 10.3. The van der Waals surface area contributed by atoms with Crippen molar-refractivity contribution < 1.29 is 18.0 Å². The van der Waals surface area contributed by atoms with Crippen LogP contribution in [0, 0.1) is 0 Å². The molecule has 4 rings (SSSR count). The van der Waals surface area contributed by atoms with E-state index < -0.39 is 28.5 Å². The Morgan fingerprint density at radius 2 is 1.65 bits per heavy atom. The fourth-order valence-corrected chi connectivity index (χ4v) is 7.06. The van der Waals surface area contributed by atoms with Gasteiger partial charge in [-0.1, -0.05) is 89.3 Å². The molecule has 1 saturated carbocycles. The summed E-state index contributed by atoms with van der Waals surface area (Å²) in [5.74, 6) is -0.781. The number of carbonyl (C=O) groups is 2. The van der Waals surface area contributed by atoms with Crippen molar-refractivity contribution in [3.63, 3.8) is 0 Å². The fraction of sp³-hybridized carbons (Fsp3) is 0.333. The van der Waals surface area contributed by atoms with Crippen molar-refractivity contribution in [3.8, 4) is 0 Å². The van der Waals surface area contributed by atoms with Gasteiger partial charge >= 0.3 is 0 Å². The van der Waals surface area contributed by atoms with Gasteiger partial charge in [0.25, 0.3) is 10.0 Å². The van der Waals surface area contributed by atoms with Crippen LogP contribution in [0.2, 0.25) is 5.02 Å². The van der Waals surface area contributed by atoms with Crippen LogP contribution in [0.15, 0.2) is 88.2 Å².